The van der Waals surface area contributed by atoms with Crippen LogP contribution in [0.5, 0.6) is 0 Å². The summed E-state index contributed by atoms with van der Waals surface area (Å²) in [4.78, 5) is 14.4. The standard InChI is InChI=1S/C23H28IN7.ClH/c24-16-5-3-4-15(12-16)13-26-21-20-22(31(14-27-20)19-6-1-2-7-19)30-23(29-21)28-18-10-8-17(25)9-11-18;/h3-6,12,14,17-18H,1-2,7-11,13,25H2,(H2,26,28,29,30);1H. The number of nitrogens with two attached hydrogens (primary N) is 1. The van der Waals surface area contributed by atoms with Gasteiger partial charge < -0.3 is 16.4 Å². The molecule has 32 heavy (non-hydrogen) atoms. The number of nitrogens with zero attached hydrogens (tertiary/aromatic N) is 4. The largest absolute Gasteiger partial charge is 0.364 e. The number of imidazole rings is 1. The molecule has 0 spiro atoms. The van der Waals surface area contributed by atoms with Crippen molar-refractivity contribution in [2.75, 3.05) is 10.6 Å². The van der Waals surface area contributed by atoms with Crippen LogP contribution in [-0.2, 0) is 6.54 Å². The zero-order valence-electron chi connectivity index (χ0n) is 17.9. The van der Waals surface area contributed by atoms with Crippen LogP contribution in [0.3, 0.4) is 0 Å². The van der Waals surface area contributed by atoms with E-state index in [0.717, 1.165) is 55.5 Å². The number of halogens is 2. The van der Waals surface area contributed by atoms with Gasteiger partial charge in [0.15, 0.2) is 17.0 Å². The van der Waals surface area contributed by atoms with Gasteiger partial charge in [-0.2, -0.15) is 9.97 Å². The van der Waals surface area contributed by atoms with Gasteiger partial charge in [0.2, 0.25) is 5.95 Å². The van der Waals surface area contributed by atoms with Crippen molar-refractivity contribution in [3.05, 3.63) is 45.8 Å². The fourth-order valence-corrected chi connectivity index (χ4v) is 5.06. The van der Waals surface area contributed by atoms with Gasteiger partial charge >= 0.3 is 0 Å². The molecule has 3 aromatic rings. The molecule has 1 saturated carbocycles. The molecule has 9 heteroatoms. The van der Waals surface area contributed by atoms with E-state index in [1.54, 1.807) is 0 Å². The average Bonchev–Trinajstić information content (AvgIpc) is 3.43. The monoisotopic (exact) mass is 565 g/mol. The summed E-state index contributed by atoms with van der Waals surface area (Å²) in [7, 11) is 0. The van der Waals surface area contributed by atoms with Gasteiger partial charge in [-0.3, -0.25) is 4.57 Å². The zero-order chi connectivity index (χ0) is 21.2. The second-order valence-corrected chi connectivity index (χ2v) is 9.76. The predicted octanol–water partition coefficient (Wildman–Crippen LogP) is 5.17. The van der Waals surface area contributed by atoms with Crippen LogP contribution in [0.4, 0.5) is 11.8 Å². The summed E-state index contributed by atoms with van der Waals surface area (Å²) >= 11 is 2.34. The molecule has 0 amide bonds. The van der Waals surface area contributed by atoms with E-state index in [2.05, 4.69) is 73.1 Å². The Kier molecular flexibility index (Phi) is 7.52. The number of aromatic nitrogens is 4. The van der Waals surface area contributed by atoms with E-state index in [-0.39, 0.29) is 12.4 Å². The normalized spacial score (nSPS) is 20.6. The molecule has 5 rings (SSSR count). The molecule has 0 saturated heterocycles. The number of benzene rings is 1. The lowest BCUT2D eigenvalue weighted by Gasteiger charge is -2.26. The maximum Gasteiger partial charge on any atom is 0.227 e. The first-order chi connectivity index (χ1) is 15.2. The number of hydrogen-bond donors (Lipinski definition) is 3. The quantitative estimate of drug-likeness (QED) is 0.357. The lowest BCUT2D eigenvalue weighted by molar-refractivity contribution is 0.410. The molecule has 170 valence electrons. The summed E-state index contributed by atoms with van der Waals surface area (Å²) < 4.78 is 3.35. The van der Waals surface area contributed by atoms with Crippen molar-refractivity contribution >= 4 is 63.6 Å². The third kappa shape index (κ3) is 5.18. The highest BCUT2D eigenvalue weighted by Gasteiger charge is 2.21. The van der Waals surface area contributed by atoms with Gasteiger partial charge in [0.1, 0.15) is 6.33 Å². The SMILES string of the molecule is Cl.NC1CCC(Nc2nc(NCc3cccc(I)c3)c3ncn(C4=CCCC4)c3n2)CC1. The summed E-state index contributed by atoms with van der Waals surface area (Å²) in [5, 5.41) is 7.08. The molecule has 1 aromatic carbocycles. The Balaban J connectivity index is 0.00000245. The van der Waals surface area contributed by atoms with Crippen molar-refractivity contribution in [3.8, 4) is 0 Å². The summed E-state index contributed by atoms with van der Waals surface area (Å²) in [5.74, 6) is 1.44. The lowest BCUT2D eigenvalue weighted by atomic mass is 9.92. The maximum absolute atomic E-state index is 6.08. The van der Waals surface area contributed by atoms with Gasteiger partial charge in [-0.05, 0) is 85.2 Å². The Labute approximate surface area is 208 Å². The minimum absolute atomic E-state index is 0. The third-order valence-electron chi connectivity index (χ3n) is 6.18. The molecule has 0 radical (unpaired) electrons. The van der Waals surface area contributed by atoms with Crippen molar-refractivity contribution in [1.29, 1.82) is 0 Å². The number of allylic oxidation sites excluding steroid dienone is 2. The molecule has 0 atom stereocenters. The fourth-order valence-electron chi connectivity index (χ4n) is 4.45. The summed E-state index contributed by atoms with van der Waals surface area (Å²) in [6, 6.07) is 9.17. The predicted molar refractivity (Wildman–Crippen MR) is 141 cm³/mol. The molecule has 0 unspecified atom stereocenters. The van der Waals surface area contributed by atoms with E-state index in [0.29, 0.717) is 24.6 Å². The highest BCUT2D eigenvalue weighted by molar-refractivity contribution is 14.1. The van der Waals surface area contributed by atoms with Crippen LogP contribution in [0.2, 0.25) is 0 Å². The van der Waals surface area contributed by atoms with Crippen molar-refractivity contribution in [1.82, 2.24) is 19.5 Å². The Morgan fingerprint density at radius 2 is 2.00 bits per heavy atom. The van der Waals surface area contributed by atoms with Crippen LogP contribution < -0.4 is 16.4 Å². The molecule has 7 nitrogen and oxygen atoms in total. The van der Waals surface area contributed by atoms with Crippen LogP contribution in [0.15, 0.2) is 36.7 Å². The molecule has 0 aliphatic heterocycles. The van der Waals surface area contributed by atoms with E-state index in [1.165, 1.54) is 21.3 Å². The van der Waals surface area contributed by atoms with Crippen LogP contribution in [0.25, 0.3) is 16.9 Å². The first-order valence-electron chi connectivity index (χ1n) is 11.1. The number of rotatable bonds is 6. The van der Waals surface area contributed by atoms with E-state index in [4.69, 9.17) is 15.7 Å². The molecule has 2 aliphatic carbocycles. The topological polar surface area (TPSA) is 93.7 Å². The van der Waals surface area contributed by atoms with Crippen molar-refractivity contribution in [2.45, 2.75) is 63.6 Å². The smallest absolute Gasteiger partial charge is 0.227 e. The summed E-state index contributed by atoms with van der Waals surface area (Å²) in [6.45, 7) is 0.691. The molecule has 2 aromatic heterocycles. The van der Waals surface area contributed by atoms with Gasteiger partial charge in [0, 0.05) is 27.9 Å². The van der Waals surface area contributed by atoms with Crippen LogP contribution >= 0.6 is 35.0 Å². The van der Waals surface area contributed by atoms with E-state index >= 15 is 0 Å². The molecular formula is C23H29ClIN7. The van der Waals surface area contributed by atoms with Crippen LogP contribution in [0.1, 0.15) is 50.5 Å². The van der Waals surface area contributed by atoms with Gasteiger partial charge in [-0.15, -0.1) is 12.4 Å². The number of fused-ring (bicyclic) bond motifs is 1. The van der Waals surface area contributed by atoms with E-state index in [1.807, 2.05) is 6.33 Å². The van der Waals surface area contributed by atoms with E-state index in [9.17, 15) is 0 Å². The molecule has 1 fully saturated rings. The van der Waals surface area contributed by atoms with Gasteiger partial charge in [-0.1, -0.05) is 18.2 Å². The van der Waals surface area contributed by atoms with E-state index < -0.39 is 0 Å². The maximum atomic E-state index is 6.08. The zero-order valence-corrected chi connectivity index (χ0v) is 20.9. The highest BCUT2D eigenvalue weighted by atomic mass is 127. The van der Waals surface area contributed by atoms with Crippen molar-refractivity contribution in [2.24, 2.45) is 5.73 Å². The Hall–Kier alpha value is -1.91. The van der Waals surface area contributed by atoms with Gasteiger partial charge in [0.25, 0.3) is 0 Å². The van der Waals surface area contributed by atoms with Crippen LogP contribution in [0, 0.1) is 3.57 Å². The Morgan fingerprint density at radius 3 is 2.75 bits per heavy atom. The third-order valence-corrected chi connectivity index (χ3v) is 6.85. The first kappa shape index (κ1) is 23.3. The lowest BCUT2D eigenvalue weighted by Crippen LogP contribution is -2.33. The highest BCUT2D eigenvalue weighted by Crippen LogP contribution is 2.29. The second-order valence-electron chi connectivity index (χ2n) is 8.51. The second kappa shape index (κ2) is 10.4. The minimum atomic E-state index is 0. The fraction of sp³-hybridized carbons (Fsp3) is 0.435. The van der Waals surface area contributed by atoms with Crippen LogP contribution in [-0.4, -0.2) is 31.6 Å². The average molecular weight is 566 g/mol. The number of nitrogens with one attached hydrogen (secondary N) is 2. The summed E-state index contributed by atoms with van der Waals surface area (Å²) in [6.07, 6.45) is 11.7. The molecule has 4 N–H and O–H groups in total. The van der Waals surface area contributed by atoms with Crippen molar-refractivity contribution < 1.29 is 0 Å². The van der Waals surface area contributed by atoms with Gasteiger partial charge in [0.05, 0.1) is 0 Å². The number of hydrogen-bond acceptors (Lipinski definition) is 6. The molecule has 2 heterocycles. The Morgan fingerprint density at radius 1 is 1.16 bits per heavy atom. The first-order valence-corrected chi connectivity index (χ1v) is 12.2. The molecule has 2 aliphatic rings. The summed E-state index contributed by atoms with van der Waals surface area (Å²) in [5.41, 5.74) is 10.3. The van der Waals surface area contributed by atoms with Gasteiger partial charge in [-0.25, -0.2) is 4.98 Å². The molecule has 0 bridgehead atoms. The number of anilines is 2. The molecular weight excluding hydrogens is 537 g/mol. The van der Waals surface area contributed by atoms with Crippen molar-refractivity contribution in [3.63, 3.8) is 0 Å². The minimum Gasteiger partial charge on any atom is -0.364 e. The Bertz CT molecular complexity index is 1100.